The third kappa shape index (κ3) is 1.34. The normalized spacial score (nSPS) is 9.56. The van der Waals surface area contributed by atoms with Gasteiger partial charge in [0.2, 0.25) is 0 Å². The Bertz CT molecular complexity index is 164. The molecule has 0 saturated carbocycles. The van der Waals surface area contributed by atoms with Crippen molar-refractivity contribution in [3.63, 3.8) is 0 Å². The van der Waals surface area contributed by atoms with Crippen LogP contribution in [0.5, 0.6) is 0 Å². The van der Waals surface area contributed by atoms with Crippen LogP contribution in [0, 0.1) is 0 Å². The molecule has 1 heterocycles. The monoisotopic (exact) mass is 147 g/mol. The minimum absolute atomic E-state index is 0.0187. The first-order chi connectivity index (χ1) is 4.34. The van der Waals surface area contributed by atoms with Gasteiger partial charge in [-0.05, 0) is 0 Å². The highest BCUT2D eigenvalue weighted by Crippen LogP contribution is 2.04. The number of rotatable bonds is 2. The highest BCUT2D eigenvalue weighted by molar-refractivity contribution is 6.18. The van der Waals surface area contributed by atoms with Gasteiger partial charge in [-0.3, -0.25) is 5.21 Å². The molecule has 0 radical (unpaired) electrons. The Kier molecular flexibility index (Phi) is 1.92. The number of nitrogens with one attached hydrogen (secondary N) is 1. The summed E-state index contributed by atoms with van der Waals surface area (Å²) in [5.41, 5.74) is 0. The molecule has 0 fully saturated rings. The van der Waals surface area contributed by atoms with Crippen molar-refractivity contribution in [2.75, 3.05) is 11.1 Å². The zero-order chi connectivity index (χ0) is 6.69. The van der Waals surface area contributed by atoms with E-state index in [4.69, 9.17) is 16.8 Å². The van der Waals surface area contributed by atoms with E-state index in [2.05, 4.69) is 9.97 Å². The molecule has 2 N–H and O–H groups in total. The number of aromatic nitrogens is 2. The molecular formula is C4H6ClN3O. The molecule has 0 amide bonds. The van der Waals surface area contributed by atoms with Crippen LogP contribution in [0.25, 0.3) is 0 Å². The predicted octanol–water partition coefficient (Wildman–Crippen LogP) is 0.802. The largest absolute Gasteiger partial charge is 0.349 e. The van der Waals surface area contributed by atoms with Crippen LogP contribution in [0.4, 0.5) is 5.82 Å². The summed E-state index contributed by atoms with van der Waals surface area (Å²) in [6, 6.07) is 0.0187. The first-order valence-electron chi connectivity index (χ1n) is 2.35. The van der Waals surface area contributed by atoms with Gasteiger partial charge in [0.25, 0.3) is 0 Å². The Morgan fingerprint density at radius 1 is 1.89 bits per heavy atom. The lowest BCUT2D eigenvalue weighted by molar-refractivity contribution is 0.269. The molecule has 0 aromatic carbocycles. The minimum atomic E-state index is 0.0187. The van der Waals surface area contributed by atoms with E-state index in [0.717, 1.165) is 5.06 Å². The molecule has 5 heteroatoms. The van der Waals surface area contributed by atoms with Gasteiger partial charge in [-0.2, -0.15) is 0 Å². The number of hydrogen-bond acceptors (Lipinski definition) is 3. The lowest BCUT2D eigenvalue weighted by Crippen LogP contribution is -2.15. The van der Waals surface area contributed by atoms with Crippen molar-refractivity contribution in [2.24, 2.45) is 0 Å². The van der Waals surface area contributed by atoms with Gasteiger partial charge in [0.1, 0.15) is 6.00 Å². The Morgan fingerprint density at radius 2 is 2.67 bits per heavy atom. The number of anilines is 1. The molecule has 0 spiro atoms. The maximum Gasteiger partial charge on any atom is 0.171 e. The second-order valence-corrected chi connectivity index (χ2v) is 1.69. The Morgan fingerprint density at radius 3 is 3.11 bits per heavy atom. The Balaban J connectivity index is 2.65. The second kappa shape index (κ2) is 2.70. The average molecular weight is 148 g/mol. The maximum absolute atomic E-state index is 8.84. The summed E-state index contributed by atoms with van der Waals surface area (Å²) in [6.45, 7) is 0. The number of alkyl halides is 1. The van der Waals surface area contributed by atoms with Gasteiger partial charge in [0, 0.05) is 6.20 Å². The van der Waals surface area contributed by atoms with E-state index < -0.39 is 0 Å². The van der Waals surface area contributed by atoms with Gasteiger partial charge in [-0.15, -0.1) is 11.6 Å². The fourth-order valence-corrected chi connectivity index (χ4v) is 0.577. The molecule has 9 heavy (non-hydrogen) atoms. The van der Waals surface area contributed by atoms with E-state index >= 15 is 0 Å². The second-order valence-electron chi connectivity index (χ2n) is 1.45. The molecule has 0 unspecified atom stereocenters. The van der Waals surface area contributed by atoms with Crippen molar-refractivity contribution in [2.45, 2.75) is 0 Å². The molecule has 50 valence electrons. The molecule has 0 aliphatic rings. The minimum Gasteiger partial charge on any atom is -0.349 e. The van der Waals surface area contributed by atoms with E-state index in [1.165, 1.54) is 6.33 Å². The van der Waals surface area contributed by atoms with Crippen LogP contribution in [0.3, 0.4) is 0 Å². The fraction of sp³-hybridized carbons (Fsp3) is 0.250. The summed E-state index contributed by atoms with van der Waals surface area (Å²) in [5, 5.41) is 9.67. The van der Waals surface area contributed by atoms with E-state index in [0.29, 0.717) is 5.82 Å². The van der Waals surface area contributed by atoms with Crippen LogP contribution in [0.1, 0.15) is 0 Å². The van der Waals surface area contributed by atoms with E-state index in [1.807, 2.05) is 0 Å². The molecule has 0 saturated heterocycles. The van der Waals surface area contributed by atoms with Gasteiger partial charge in [0.15, 0.2) is 5.82 Å². The number of halogens is 1. The van der Waals surface area contributed by atoms with E-state index in [1.54, 1.807) is 6.20 Å². The quantitative estimate of drug-likeness (QED) is 0.370. The number of H-pyrrole nitrogens is 1. The summed E-state index contributed by atoms with van der Waals surface area (Å²) in [6.07, 6.45) is 3.01. The molecule has 0 aliphatic heterocycles. The molecule has 4 nitrogen and oxygen atoms in total. The lowest BCUT2D eigenvalue weighted by Gasteiger charge is -2.06. The molecular weight excluding hydrogens is 142 g/mol. The Labute approximate surface area is 57.0 Å². The molecule has 0 bridgehead atoms. The number of aromatic amines is 1. The van der Waals surface area contributed by atoms with Gasteiger partial charge in [0.05, 0.1) is 6.33 Å². The molecule has 1 aromatic heterocycles. The maximum atomic E-state index is 8.84. The third-order valence-electron chi connectivity index (χ3n) is 0.861. The van der Waals surface area contributed by atoms with Crippen LogP contribution >= 0.6 is 11.6 Å². The van der Waals surface area contributed by atoms with Gasteiger partial charge >= 0.3 is 0 Å². The SMILES string of the molecule is ON(CCl)c1c[nH]cn1. The first kappa shape index (κ1) is 6.38. The Hall–Kier alpha value is -0.740. The highest BCUT2D eigenvalue weighted by atomic mass is 35.5. The first-order valence-corrected chi connectivity index (χ1v) is 2.89. The van der Waals surface area contributed by atoms with Crippen molar-refractivity contribution in [3.8, 4) is 0 Å². The van der Waals surface area contributed by atoms with Crippen LogP contribution in [0.2, 0.25) is 0 Å². The summed E-state index contributed by atoms with van der Waals surface area (Å²) in [5.74, 6) is 0.421. The fourth-order valence-electron chi connectivity index (χ4n) is 0.455. The average Bonchev–Trinajstić information content (AvgIpc) is 2.37. The van der Waals surface area contributed by atoms with Crippen molar-refractivity contribution in [3.05, 3.63) is 12.5 Å². The van der Waals surface area contributed by atoms with Crippen LogP contribution in [-0.4, -0.2) is 21.2 Å². The van der Waals surface area contributed by atoms with Crippen molar-refractivity contribution < 1.29 is 5.21 Å². The standard InChI is InChI=1S/C4H6ClN3O/c5-2-8(9)4-1-6-3-7-4/h1,3,9H,2H2,(H,6,7). The van der Waals surface area contributed by atoms with Crippen molar-refractivity contribution in [1.29, 1.82) is 0 Å². The molecule has 1 aromatic rings. The lowest BCUT2D eigenvalue weighted by atomic mass is 10.7. The van der Waals surface area contributed by atoms with Crippen LogP contribution in [0.15, 0.2) is 12.5 Å². The third-order valence-corrected chi connectivity index (χ3v) is 1.09. The molecule has 0 atom stereocenters. The van der Waals surface area contributed by atoms with Gasteiger partial charge in [-0.1, -0.05) is 0 Å². The summed E-state index contributed by atoms with van der Waals surface area (Å²) >= 11 is 5.27. The molecule has 1 rings (SSSR count). The smallest absolute Gasteiger partial charge is 0.171 e. The summed E-state index contributed by atoms with van der Waals surface area (Å²) in [7, 11) is 0. The number of nitrogens with zero attached hydrogens (tertiary/aromatic N) is 2. The summed E-state index contributed by atoms with van der Waals surface area (Å²) < 4.78 is 0. The zero-order valence-electron chi connectivity index (χ0n) is 4.58. The predicted molar refractivity (Wildman–Crippen MR) is 33.6 cm³/mol. The van der Waals surface area contributed by atoms with Gasteiger partial charge in [-0.25, -0.2) is 10.0 Å². The van der Waals surface area contributed by atoms with Crippen LogP contribution < -0.4 is 5.06 Å². The van der Waals surface area contributed by atoms with E-state index in [9.17, 15) is 0 Å². The summed E-state index contributed by atoms with van der Waals surface area (Å²) in [4.78, 5) is 6.40. The number of hydrogen-bond donors (Lipinski definition) is 2. The van der Waals surface area contributed by atoms with Crippen LogP contribution in [-0.2, 0) is 0 Å². The van der Waals surface area contributed by atoms with Gasteiger partial charge < -0.3 is 4.98 Å². The number of imidazole rings is 1. The number of hydroxylamine groups is 1. The zero-order valence-corrected chi connectivity index (χ0v) is 5.34. The molecule has 0 aliphatic carbocycles. The van der Waals surface area contributed by atoms with Crippen molar-refractivity contribution >= 4 is 17.4 Å². The highest BCUT2D eigenvalue weighted by Gasteiger charge is 1.99. The van der Waals surface area contributed by atoms with Crippen molar-refractivity contribution in [1.82, 2.24) is 9.97 Å². The van der Waals surface area contributed by atoms with E-state index in [-0.39, 0.29) is 6.00 Å². The topological polar surface area (TPSA) is 52.1 Å².